The van der Waals surface area contributed by atoms with Crippen LogP contribution >= 0.6 is 55.1 Å². The minimum atomic E-state index is -0.267. The Kier molecular flexibility index (Phi) is 5.97. The van der Waals surface area contributed by atoms with Crippen molar-refractivity contribution in [1.29, 1.82) is 0 Å². The Morgan fingerprint density at radius 1 is 0.900 bits per heavy atom. The summed E-state index contributed by atoms with van der Waals surface area (Å²) >= 11 is 19.7. The first-order valence-electron chi connectivity index (χ1n) is 6.23. The number of benzene rings is 2. The third-order valence-corrected chi connectivity index (χ3v) is 5.73. The summed E-state index contributed by atoms with van der Waals surface area (Å²) < 4.78 is 2.14. The van der Waals surface area contributed by atoms with Crippen molar-refractivity contribution < 1.29 is 0 Å². The summed E-state index contributed by atoms with van der Waals surface area (Å²) in [6.07, 6.45) is 0.803. The van der Waals surface area contributed by atoms with Crippen molar-refractivity contribution in [2.75, 3.05) is 11.8 Å². The molecule has 0 aliphatic heterocycles. The van der Waals surface area contributed by atoms with E-state index in [-0.39, 0.29) is 5.41 Å². The van der Waals surface area contributed by atoms with Gasteiger partial charge in [-0.05, 0) is 35.7 Å². The molecule has 0 fully saturated rings. The van der Waals surface area contributed by atoms with E-state index < -0.39 is 0 Å². The smallest absolute Gasteiger partial charge is 0.0335 e. The number of rotatable bonds is 5. The third-order valence-electron chi connectivity index (χ3n) is 3.44. The lowest BCUT2D eigenvalue weighted by atomic mass is 9.79. The van der Waals surface area contributed by atoms with Crippen LogP contribution in [0.2, 0.25) is 0 Å². The fraction of sp³-hybridized carbons (Fsp3) is 0.250. The summed E-state index contributed by atoms with van der Waals surface area (Å²) in [7, 11) is 0. The predicted molar refractivity (Wildman–Crippen MR) is 95.1 cm³/mol. The SMILES string of the molecule is ClCC(CCl)(Cc1ccccc1Br)c1cccc(Br)c1. The molecule has 0 aliphatic carbocycles. The highest BCUT2D eigenvalue weighted by Crippen LogP contribution is 2.34. The molecule has 0 heterocycles. The summed E-state index contributed by atoms with van der Waals surface area (Å²) in [6.45, 7) is 0. The summed E-state index contributed by atoms with van der Waals surface area (Å²) in [5.41, 5.74) is 2.11. The minimum Gasteiger partial charge on any atom is -0.126 e. The Labute approximate surface area is 146 Å². The normalized spacial score (nSPS) is 11.6. The van der Waals surface area contributed by atoms with E-state index in [1.807, 2.05) is 30.3 Å². The van der Waals surface area contributed by atoms with Crippen LogP contribution in [0.5, 0.6) is 0 Å². The van der Waals surface area contributed by atoms with Crippen LogP contribution in [0.25, 0.3) is 0 Å². The van der Waals surface area contributed by atoms with Gasteiger partial charge in [0.1, 0.15) is 0 Å². The van der Waals surface area contributed by atoms with Crippen molar-refractivity contribution in [2.24, 2.45) is 0 Å². The molecule has 106 valence electrons. The molecule has 0 saturated carbocycles. The molecule has 2 rings (SSSR count). The number of alkyl halides is 2. The van der Waals surface area contributed by atoms with Crippen molar-refractivity contribution in [3.05, 3.63) is 68.6 Å². The molecule has 0 saturated heterocycles. The molecule has 0 radical (unpaired) electrons. The second-order valence-electron chi connectivity index (χ2n) is 4.83. The lowest BCUT2D eigenvalue weighted by Gasteiger charge is -2.31. The molecule has 0 unspecified atom stereocenters. The van der Waals surface area contributed by atoms with Crippen LogP contribution in [0.4, 0.5) is 0 Å². The zero-order valence-corrected chi connectivity index (χ0v) is 15.4. The van der Waals surface area contributed by atoms with Crippen molar-refractivity contribution >= 4 is 55.1 Å². The fourth-order valence-electron chi connectivity index (χ4n) is 2.21. The average molecular weight is 437 g/mol. The molecule has 0 bridgehead atoms. The van der Waals surface area contributed by atoms with Gasteiger partial charge in [-0.25, -0.2) is 0 Å². The van der Waals surface area contributed by atoms with Gasteiger partial charge in [-0.1, -0.05) is 62.2 Å². The molecule has 0 nitrogen and oxygen atoms in total. The van der Waals surface area contributed by atoms with Gasteiger partial charge in [0, 0.05) is 26.1 Å². The van der Waals surface area contributed by atoms with Gasteiger partial charge in [0.05, 0.1) is 0 Å². The molecule has 2 aromatic carbocycles. The van der Waals surface area contributed by atoms with Gasteiger partial charge in [0.15, 0.2) is 0 Å². The van der Waals surface area contributed by atoms with Gasteiger partial charge < -0.3 is 0 Å². The van der Waals surface area contributed by atoms with E-state index >= 15 is 0 Å². The molecule has 0 spiro atoms. The second kappa shape index (κ2) is 7.31. The average Bonchev–Trinajstić information content (AvgIpc) is 2.47. The monoisotopic (exact) mass is 434 g/mol. The maximum absolute atomic E-state index is 6.30. The van der Waals surface area contributed by atoms with Crippen molar-refractivity contribution in [3.8, 4) is 0 Å². The van der Waals surface area contributed by atoms with Gasteiger partial charge in [-0.15, -0.1) is 23.2 Å². The number of hydrogen-bond donors (Lipinski definition) is 0. The van der Waals surface area contributed by atoms with Crippen LogP contribution < -0.4 is 0 Å². The van der Waals surface area contributed by atoms with Crippen LogP contribution in [0.3, 0.4) is 0 Å². The van der Waals surface area contributed by atoms with Crippen molar-refractivity contribution in [1.82, 2.24) is 0 Å². The quantitative estimate of drug-likeness (QED) is 0.491. The molecule has 0 aliphatic rings. The van der Waals surface area contributed by atoms with E-state index in [0.717, 1.165) is 20.9 Å². The van der Waals surface area contributed by atoms with Gasteiger partial charge in [0.2, 0.25) is 0 Å². The summed E-state index contributed by atoms with van der Waals surface area (Å²) in [4.78, 5) is 0. The lowest BCUT2D eigenvalue weighted by molar-refractivity contribution is 0.535. The molecular formula is C16H14Br2Cl2. The molecule has 2 aromatic rings. The van der Waals surface area contributed by atoms with Gasteiger partial charge in [-0.2, -0.15) is 0 Å². The maximum atomic E-state index is 6.30. The highest BCUT2D eigenvalue weighted by Gasteiger charge is 2.31. The summed E-state index contributed by atoms with van der Waals surface area (Å²) in [6, 6.07) is 16.4. The molecule has 4 heteroatoms. The van der Waals surface area contributed by atoms with E-state index in [2.05, 4.69) is 50.1 Å². The highest BCUT2D eigenvalue weighted by atomic mass is 79.9. The maximum Gasteiger partial charge on any atom is 0.0335 e. The Morgan fingerprint density at radius 3 is 2.20 bits per heavy atom. The lowest BCUT2D eigenvalue weighted by Crippen LogP contribution is -2.33. The number of halogens is 4. The zero-order valence-electron chi connectivity index (χ0n) is 10.8. The summed E-state index contributed by atoms with van der Waals surface area (Å²) in [5, 5.41) is 0. The van der Waals surface area contributed by atoms with Crippen LogP contribution in [-0.4, -0.2) is 11.8 Å². The van der Waals surface area contributed by atoms with E-state index in [0.29, 0.717) is 11.8 Å². The second-order valence-corrected chi connectivity index (χ2v) is 7.13. The van der Waals surface area contributed by atoms with Crippen molar-refractivity contribution in [3.63, 3.8) is 0 Å². The molecular weight excluding hydrogens is 423 g/mol. The van der Waals surface area contributed by atoms with Crippen LogP contribution in [0.1, 0.15) is 11.1 Å². The first-order valence-corrected chi connectivity index (χ1v) is 8.88. The van der Waals surface area contributed by atoms with Gasteiger partial charge >= 0.3 is 0 Å². The minimum absolute atomic E-state index is 0.267. The van der Waals surface area contributed by atoms with Crippen LogP contribution in [-0.2, 0) is 11.8 Å². The molecule has 0 atom stereocenters. The largest absolute Gasteiger partial charge is 0.126 e. The first kappa shape index (κ1) is 16.4. The number of hydrogen-bond acceptors (Lipinski definition) is 0. The van der Waals surface area contributed by atoms with E-state index in [1.165, 1.54) is 5.56 Å². The summed E-state index contributed by atoms with van der Waals surface area (Å²) in [5.74, 6) is 0.961. The molecule has 0 N–H and O–H groups in total. The Bertz CT molecular complexity index is 580. The van der Waals surface area contributed by atoms with Gasteiger partial charge in [-0.3, -0.25) is 0 Å². The highest BCUT2D eigenvalue weighted by molar-refractivity contribution is 9.10. The molecule has 0 aromatic heterocycles. The van der Waals surface area contributed by atoms with Crippen LogP contribution in [0.15, 0.2) is 57.5 Å². The fourth-order valence-corrected chi connectivity index (χ4v) is 3.82. The van der Waals surface area contributed by atoms with E-state index in [9.17, 15) is 0 Å². The standard InChI is InChI=1S/C16H14Br2Cl2/c17-14-6-3-5-13(8-14)16(10-19,11-20)9-12-4-1-2-7-15(12)18/h1-8H,9-11H2. The third kappa shape index (κ3) is 3.59. The van der Waals surface area contributed by atoms with E-state index in [4.69, 9.17) is 23.2 Å². The first-order chi connectivity index (χ1) is 9.61. The Morgan fingerprint density at radius 2 is 1.60 bits per heavy atom. The van der Waals surface area contributed by atoms with E-state index in [1.54, 1.807) is 0 Å². The molecule has 0 amide bonds. The Balaban J connectivity index is 2.42. The topological polar surface area (TPSA) is 0 Å². The molecule has 20 heavy (non-hydrogen) atoms. The predicted octanol–water partition coefficient (Wildman–Crippen LogP) is 6.17. The van der Waals surface area contributed by atoms with Crippen LogP contribution in [0, 0.1) is 0 Å². The van der Waals surface area contributed by atoms with Crippen molar-refractivity contribution in [2.45, 2.75) is 11.8 Å². The zero-order chi connectivity index (χ0) is 14.6. The Hall–Kier alpha value is -0.0200. The van der Waals surface area contributed by atoms with Gasteiger partial charge in [0.25, 0.3) is 0 Å².